The maximum Gasteiger partial charge on any atom is 0.348 e. The summed E-state index contributed by atoms with van der Waals surface area (Å²) in [6.07, 6.45) is -0.104. The number of aromatic nitrogens is 2. The van der Waals surface area contributed by atoms with E-state index in [1.54, 1.807) is 13.8 Å². The molecule has 1 aromatic heterocycles. The zero-order chi connectivity index (χ0) is 13.9. The van der Waals surface area contributed by atoms with Crippen LogP contribution in [0.4, 0.5) is 0 Å². The monoisotopic (exact) mass is 253 g/mol. The van der Waals surface area contributed by atoms with Crippen LogP contribution in [0.5, 0.6) is 0 Å². The van der Waals surface area contributed by atoms with Gasteiger partial charge in [0.05, 0.1) is 6.42 Å². The number of aliphatic carboxylic acids is 1. The maximum atomic E-state index is 11.8. The molecule has 0 aromatic carbocycles. The van der Waals surface area contributed by atoms with E-state index in [0.29, 0.717) is 30.0 Å². The average molecular weight is 253 g/mol. The molecule has 0 saturated carbocycles. The Bertz CT molecular complexity index is 506. The molecule has 0 bridgehead atoms. The Balaban J connectivity index is 3.18. The molecular formula is C12H19N3O3. The van der Waals surface area contributed by atoms with Crippen LogP contribution in [0.15, 0.2) is 4.79 Å². The lowest BCUT2D eigenvalue weighted by Crippen LogP contribution is -2.32. The molecule has 100 valence electrons. The predicted octanol–water partition coefficient (Wildman–Crippen LogP) is 0.0488. The van der Waals surface area contributed by atoms with Crippen LogP contribution in [0.3, 0.4) is 0 Å². The largest absolute Gasteiger partial charge is 0.481 e. The molecule has 0 aliphatic rings. The Morgan fingerprint density at radius 1 is 1.39 bits per heavy atom. The van der Waals surface area contributed by atoms with Crippen molar-refractivity contribution in [3.63, 3.8) is 0 Å². The third-order valence-electron chi connectivity index (χ3n) is 2.87. The van der Waals surface area contributed by atoms with Crippen molar-refractivity contribution in [2.45, 2.75) is 26.8 Å². The molecule has 1 aromatic rings. The van der Waals surface area contributed by atoms with Crippen molar-refractivity contribution < 1.29 is 9.90 Å². The lowest BCUT2D eigenvalue weighted by molar-refractivity contribution is -0.136. The van der Waals surface area contributed by atoms with E-state index in [1.807, 2.05) is 19.0 Å². The van der Waals surface area contributed by atoms with E-state index in [9.17, 15) is 9.59 Å². The Kier molecular flexibility index (Phi) is 4.61. The molecule has 0 unspecified atom stereocenters. The second-order valence-corrected chi connectivity index (χ2v) is 4.57. The second kappa shape index (κ2) is 5.77. The van der Waals surface area contributed by atoms with Crippen molar-refractivity contribution in [3.05, 3.63) is 27.4 Å². The fourth-order valence-corrected chi connectivity index (χ4v) is 1.81. The molecule has 6 nitrogen and oxygen atoms in total. The first-order chi connectivity index (χ1) is 8.32. The summed E-state index contributed by atoms with van der Waals surface area (Å²) in [7, 11) is 3.83. The van der Waals surface area contributed by atoms with Crippen molar-refractivity contribution in [2.24, 2.45) is 0 Å². The van der Waals surface area contributed by atoms with Gasteiger partial charge in [0.25, 0.3) is 0 Å². The minimum Gasteiger partial charge on any atom is -0.481 e. The summed E-state index contributed by atoms with van der Waals surface area (Å²) in [5, 5.41) is 8.87. The van der Waals surface area contributed by atoms with Gasteiger partial charge < -0.3 is 10.0 Å². The molecular weight excluding hydrogens is 234 g/mol. The molecule has 0 radical (unpaired) electrons. The van der Waals surface area contributed by atoms with Gasteiger partial charge in [-0.2, -0.15) is 4.98 Å². The molecule has 0 amide bonds. The molecule has 18 heavy (non-hydrogen) atoms. The number of aryl methyl sites for hydroxylation is 1. The molecule has 1 heterocycles. The van der Waals surface area contributed by atoms with E-state index < -0.39 is 5.97 Å². The van der Waals surface area contributed by atoms with Crippen LogP contribution in [0, 0.1) is 13.8 Å². The van der Waals surface area contributed by atoms with Crippen LogP contribution in [0.1, 0.15) is 17.0 Å². The van der Waals surface area contributed by atoms with E-state index in [1.165, 1.54) is 4.57 Å². The maximum absolute atomic E-state index is 11.8. The van der Waals surface area contributed by atoms with E-state index >= 15 is 0 Å². The number of carboxylic acid groups (broad SMARTS) is 1. The first-order valence-electron chi connectivity index (χ1n) is 5.76. The minimum absolute atomic E-state index is 0.104. The molecule has 0 fully saturated rings. The highest BCUT2D eigenvalue weighted by Crippen LogP contribution is 2.10. The first-order valence-corrected chi connectivity index (χ1v) is 5.76. The van der Waals surface area contributed by atoms with Gasteiger partial charge in [0, 0.05) is 30.0 Å². The van der Waals surface area contributed by atoms with Gasteiger partial charge >= 0.3 is 11.7 Å². The zero-order valence-electron chi connectivity index (χ0n) is 11.2. The number of carboxylic acids is 1. The Morgan fingerprint density at radius 3 is 2.50 bits per heavy atom. The third-order valence-corrected chi connectivity index (χ3v) is 2.87. The van der Waals surface area contributed by atoms with Crippen molar-refractivity contribution in [1.29, 1.82) is 0 Å². The molecule has 0 saturated heterocycles. The molecule has 0 atom stereocenters. The zero-order valence-corrected chi connectivity index (χ0v) is 11.2. The van der Waals surface area contributed by atoms with Crippen molar-refractivity contribution in [2.75, 3.05) is 20.6 Å². The summed E-state index contributed by atoms with van der Waals surface area (Å²) >= 11 is 0. The van der Waals surface area contributed by atoms with Gasteiger partial charge in [0.15, 0.2) is 0 Å². The summed E-state index contributed by atoms with van der Waals surface area (Å²) in [5.41, 5.74) is 1.50. The molecule has 0 aliphatic carbocycles. The lowest BCUT2D eigenvalue weighted by Gasteiger charge is -2.16. The van der Waals surface area contributed by atoms with Gasteiger partial charge in [0.2, 0.25) is 0 Å². The minimum atomic E-state index is -0.916. The normalized spacial score (nSPS) is 10.9. The quantitative estimate of drug-likeness (QED) is 0.802. The third kappa shape index (κ3) is 3.40. The lowest BCUT2D eigenvalue weighted by atomic mass is 10.1. The number of carbonyl (C=O) groups is 1. The number of rotatable bonds is 5. The average Bonchev–Trinajstić information content (AvgIpc) is 2.23. The van der Waals surface area contributed by atoms with Crippen LogP contribution in [0.25, 0.3) is 0 Å². The fourth-order valence-electron chi connectivity index (χ4n) is 1.81. The summed E-state index contributed by atoms with van der Waals surface area (Å²) in [5.74, 6) is -0.916. The van der Waals surface area contributed by atoms with Gasteiger partial charge in [-0.3, -0.25) is 9.36 Å². The molecule has 1 rings (SSSR count). The van der Waals surface area contributed by atoms with Gasteiger partial charge in [-0.25, -0.2) is 4.79 Å². The van der Waals surface area contributed by atoms with Crippen LogP contribution in [-0.4, -0.2) is 46.2 Å². The number of likely N-dealkylation sites (N-methyl/N-ethyl adjacent to an activating group) is 1. The van der Waals surface area contributed by atoms with Crippen molar-refractivity contribution in [3.8, 4) is 0 Å². The van der Waals surface area contributed by atoms with Gasteiger partial charge in [-0.1, -0.05) is 0 Å². The first kappa shape index (κ1) is 14.4. The standard InChI is InChI=1S/C12H19N3O3/c1-8-10(7-11(16)17)9(2)15(12(18)13-8)6-5-14(3)4/h5-7H2,1-4H3,(H,16,17). The molecule has 6 heteroatoms. The van der Waals surface area contributed by atoms with Gasteiger partial charge in [-0.15, -0.1) is 0 Å². The van der Waals surface area contributed by atoms with Gasteiger partial charge in [0.1, 0.15) is 0 Å². The summed E-state index contributed by atoms with van der Waals surface area (Å²) < 4.78 is 1.53. The van der Waals surface area contributed by atoms with E-state index in [0.717, 1.165) is 0 Å². The van der Waals surface area contributed by atoms with Crippen LogP contribution in [0.2, 0.25) is 0 Å². The SMILES string of the molecule is Cc1nc(=O)n(CCN(C)C)c(C)c1CC(=O)O. The summed E-state index contributed by atoms with van der Waals surface area (Å²) in [6.45, 7) is 4.66. The van der Waals surface area contributed by atoms with Crippen LogP contribution < -0.4 is 5.69 Å². The summed E-state index contributed by atoms with van der Waals surface area (Å²) in [6, 6.07) is 0. The highest BCUT2D eigenvalue weighted by Gasteiger charge is 2.14. The molecule has 0 spiro atoms. The smallest absolute Gasteiger partial charge is 0.348 e. The van der Waals surface area contributed by atoms with E-state index in [-0.39, 0.29) is 12.1 Å². The van der Waals surface area contributed by atoms with Gasteiger partial charge in [-0.05, 0) is 27.9 Å². The fraction of sp³-hybridized carbons (Fsp3) is 0.583. The topological polar surface area (TPSA) is 75.4 Å². The predicted molar refractivity (Wildman–Crippen MR) is 67.9 cm³/mol. The second-order valence-electron chi connectivity index (χ2n) is 4.57. The number of hydrogen-bond donors (Lipinski definition) is 1. The Hall–Kier alpha value is -1.69. The van der Waals surface area contributed by atoms with Crippen molar-refractivity contribution >= 4 is 5.97 Å². The van der Waals surface area contributed by atoms with E-state index in [2.05, 4.69) is 4.98 Å². The van der Waals surface area contributed by atoms with Crippen LogP contribution in [-0.2, 0) is 17.8 Å². The highest BCUT2D eigenvalue weighted by atomic mass is 16.4. The Morgan fingerprint density at radius 2 is 2.00 bits per heavy atom. The number of hydrogen-bond acceptors (Lipinski definition) is 4. The summed E-state index contributed by atoms with van der Waals surface area (Å²) in [4.78, 5) is 28.5. The number of nitrogens with zero attached hydrogens (tertiary/aromatic N) is 3. The van der Waals surface area contributed by atoms with E-state index in [4.69, 9.17) is 5.11 Å². The Labute approximate surface area is 106 Å². The van der Waals surface area contributed by atoms with Crippen LogP contribution >= 0.6 is 0 Å². The highest BCUT2D eigenvalue weighted by molar-refractivity contribution is 5.70. The van der Waals surface area contributed by atoms with Crippen molar-refractivity contribution in [1.82, 2.24) is 14.5 Å². The molecule has 1 N–H and O–H groups in total. The molecule has 0 aliphatic heterocycles.